The molecule has 0 saturated carbocycles. The van der Waals surface area contributed by atoms with Crippen LogP contribution in [0.4, 0.5) is 0 Å². The summed E-state index contributed by atoms with van der Waals surface area (Å²) in [6.07, 6.45) is 3.80. The van der Waals surface area contributed by atoms with Crippen molar-refractivity contribution in [1.82, 2.24) is 25.9 Å². The van der Waals surface area contributed by atoms with E-state index < -0.39 is 47.9 Å². The van der Waals surface area contributed by atoms with Gasteiger partial charge in [-0.15, -0.1) is 0 Å². The van der Waals surface area contributed by atoms with Gasteiger partial charge in [0.2, 0.25) is 17.7 Å². The predicted octanol–water partition coefficient (Wildman–Crippen LogP) is -0.705. The molecule has 5 atom stereocenters. The van der Waals surface area contributed by atoms with Crippen LogP contribution in [0.15, 0.2) is 12.5 Å². The highest BCUT2D eigenvalue weighted by Crippen LogP contribution is 2.10. The number of carboxylic acid groups (broad SMARTS) is 1. The summed E-state index contributed by atoms with van der Waals surface area (Å²) in [7, 11) is 0. The van der Waals surface area contributed by atoms with Crippen LogP contribution in [-0.4, -0.2) is 62.9 Å². The molecule has 11 heteroatoms. The molecule has 168 valence electrons. The van der Waals surface area contributed by atoms with E-state index in [-0.39, 0.29) is 18.8 Å². The molecule has 0 aromatic carbocycles. The number of nitrogens with one attached hydrogen (secondary N) is 4. The van der Waals surface area contributed by atoms with Crippen LogP contribution in [-0.2, 0) is 25.6 Å². The Kier molecular flexibility index (Phi) is 9.96. The third-order valence-corrected chi connectivity index (χ3v) is 4.84. The third-order valence-electron chi connectivity index (χ3n) is 4.84. The van der Waals surface area contributed by atoms with E-state index in [9.17, 15) is 24.3 Å². The minimum absolute atomic E-state index is 0.0715. The number of hydrogen-bond acceptors (Lipinski definition) is 6. The molecule has 0 unspecified atom stereocenters. The quantitative estimate of drug-likeness (QED) is 0.256. The number of carboxylic acids is 1. The lowest BCUT2D eigenvalue weighted by atomic mass is 9.97. The molecular formula is C19H32N6O5. The predicted molar refractivity (Wildman–Crippen MR) is 109 cm³/mol. The fourth-order valence-electron chi connectivity index (χ4n) is 2.68. The van der Waals surface area contributed by atoms with Crippen molar-refractivity contribution in [3.8, 4) is 0 Å². The van der Waals surface area contributed by atoms with Crippen molar-refractivity contribution in [1.29, 1.82) is 0 Å². The molecule has 0 aliphatic heterocycles. The molecule has 7 N–H and O–H groups in total. The molecule has 1 aromatic rings. The van der Waals surface area contributed by atoms with E-state index in [2.05, 4.69) is 25.9 Å². The molecule has 0 spiro atoms. The maximum atomic E-state index is 12.9. The highest BCUT2D eigenvalue weighted by atomic mass is 16.4. The van der Waals surface area contributed by atoms with E-state index in [1.54, 1.807) is 13.8 Å². The van der Waals surface area contributed by atoms with Gasteiger partial charge in [0.1, 0.15) is 18.1 Å². The van der Waals surface area contributed by atoms with E-state index in [1.807, 2.05) is 6.92 Å². The molecular weight excluding hydrogens is 392 g/mol. The smallest absolute Gasteiger partial charge is 0.326 e. The van der Waals surface area contributed by atoms with E-state index in [0.717, 1.165) is 0 Å². The van der Waals surface area contributed by atoms with Crippen LogP contribution in [0.1, 0.15) is 46.2 Å². The second-order valence-electron chi connectivity index (χ2n) is 7.31. The number of rotatable bonds is 12. The van der Waals surface area contributed by atoms with E-state index >= 15 is 0 Å². The number of aromatic nitrogens is 2. The topological polar surface area (TPSA) is 179 Å². The second kappa shape index (κ2) is 11.9. The number of nitrogens with zero attached hydrogens (tertiary/aromatic N) is 1. The van der Waals surface area contributed by atoms with Crippen molar-refractivity contribution in [2.45, 2.75) is 71.1 Å². The van der Waals surface area contributed by atoms with Gasteiger partial charge in [-0.05, 0) is 19.3 Å². The number of hydrogen-bond donors (Lipinski definition) is 6. The van der Waals surface area contributed by atoms with Gasteiger partial charge < -0.3 is 31.8 Å². The Bertz CT molecular complexity index is 721. The van der Waals surface area contributed by atoms with Gasteiger partial charge >= 0.3 is 5.97 Å². The molecule has 0 aliphatic carbocycles. The highest BCUT2D eigenvalue weighted by molar-refractivity contribution is 5.94. The highest BCUT2D eigenvalue weighted by Gasteiger charge is 2.32. The van der Waals surface area contributed by atoms with Gasteiger partial charge in [0.25, 0.3) is 0 Å². The third kappa shape index (κ3) is 7.47. The number of imidazole rings is 1. The Hall–Kier alpha value is -2.95. The Morgan fingerprint density at radius 1 is 1.03 bits per heavy atom. The van der Waals surface area contributed by atoms with Crippen molar-refractivity contribution >= 4 is 23.7 Å². The van der Waals surface area contributed by atoms with Crippen molar-refractivity contribution in [2.24, 2.45) is 11.7 Å². The first-order chi connectivity index (χ1) is 14.1. The lowest BCUT2D eigenvalue weighted by molar-refractivity contribution is -0.142. The van der Waals surface area contributed by atoms with Crippen LogP contribution in [0.2, 0.25) is 0 Å². The maximum Gasteiger partial charge on any atom is 0.326 e. The number of carbonyl (C=O) groups is 4. The van der Waals surface area contributed by atoms with Crippen LogP contribution in [0, 0.1) is 5.92 Å². The van der Waals surface area contributed by atoms with Gasteiger partial charge in [-0.3, -0.25) is 14.4 Å². The van der Waals surface area contributed by atoms with E-state index in [1.165, 1.54) is 19.4 Å². The SMILES string of the molecule is CC[C@H](NC(=O)[C@H](Cc1cnc[nH]1)NC(=O)[C@@H](NC(=O)[C@H](C)N)[C@@H](C)CC)C(=O)O. The van der Waals surface area contributed by atoms with E-state index in [0.29, 0.717) is 12.1 Å². The Morgan fingerprint density at radius 2 is 1.67 bits per heavy atom. The first-order valence-corrected chi connectivity index (χ1v) is 9.97. The summed E-state index contributed by atoms with van der Waals surface area (Å²) in [4.78, 5) is 55.7. The molecule has 0 saturated heterocycles. The van der Waals surface area contributed by atoms with E-state index in [4.69, 9.17) is 5.73 Å². The zero-order valence-electron chi connectivity index (χ0n) is 17.8. The summed E-state index contributed by atoms with van der Waals surface area (Å²) in [5, 5.41) is 16.9. The van der Waals surface area contributed by atoms with Gasteiger partial charge in [0.05, 0.1) is 12.4 Å². The summed E-state index contributed by atoms with van der Waals surface area (Å²) < 4.78 is 0. The molecule has 1 heterocycles. The molecule has 0 bridgehead atoms. The number of aliphatic carboxylic acids is 1. The number of carbonyl (C=O) groups excluding carboxylic acids is 3. The zero-order valence-corrected chi connectivity index (χ0v) is 17.8. The monoisotopic (exact) mass is 424 g/mol. The zero-order chi connectivity index (χ0) is 22.8. The second-order valence-corrected chi connectivity index (χ2v) is 7.31. The first-order valence-electron chi connectivity index (χ1n) is 9.97. The van der Waals surface area contributed by atoms with Crippen LogP contribution < -0.4 is 21.7 Å². The number of H-pyrrole nitrogens is 1. The standard InChI is InChI=1S/C19H32N6O5/c1-5-10(3)15(25-16(26)11(4)20)18(28)24-14(7-12-8-21-9-22-12)17(27)23-13(6-2)19(29)30/h8-11,13-15H,5-7,20H2,1-4H3,(H,21,22)(H,23,27)(H,24,28)(H,25,26)(H,29,30)/t10-,11-,13-,14-,15-/m0/s1. The molecule has 0 fully saturated rings. The van der Waals surface area contributed by atoms with Gasteiger partial charge in [-0.1, -0.05) is 27.2 Å². The van der Waals surface area contributed by atoms with Gasteiger partial charge in [-0.2, -0.15) is 0 Å². The molecule has 1 aromatic heterocycles. The lowest BCUT2D eigenvalue weighted by Crippen LogP contribution is -2.58. The molecule has 1 rings (SSSR count). The van der Waals surface area contributed by atoms with Gasteiger partial charge in [-0.25, -0.2) is 9.78 Å². The van der Waals surface area contributed by atoms with Gasteiger partial charge in [0.15, 0.2) is 0 Å². The average molecular weight is 425 g/mol. The van der Waals surface area contributed by atoms with Crippen LogP contribution in [0.25, 0.3) is 0 Å². The minimum Gasteiger partial charge on any atom is -0.480 e. The molecule has 0 aliphatic rings. The Labute approximate surface area is 175 Å². The van der Waals surface area contributed by atoms with Crippen LogP contribution in [0.5, 0.6) is 0 Å². The Balaban J connectivity index is 3.04. The van der Waals surface area contributed by atoms with Gasteiger partial charge in [0, 0.05) is 18.3 Å². The minimum atomic E-state index is -1.17. The van der Waals surface area contributed by atoms with Crippen molar-refractivity contribution in [3.05, 3.63) is 18.2 Å². The normalized spacial score (nSPS) is 15.9. The number of nitrogens with two attached hydrogens (primary N) is 1. The van der Waals surface area contributed by atoms with Crippen molar-refractivity contribution < 1.29 is 24.3 Å². The lowest BCUT2D eigenvalue weighted by Gasteiger charge is -2.27. The maximum absolute atomic E-state index is 12.9. The Morgan fingerprint density at radius 3 is 2.13 bits per heavy atom. The number of aromatic amines is 1. The summed E-state index contributed by atoms with van der Waals surface area (Å²) in [5.74, 6) is -3.07. The van der Waals surface area contributed by atoms with Crippen molar-refractivity contribution in [3.63, 3.8) is 0 Å². The summed E-state index contributed by atoms with van der Waals surface area (Å²) in [5.41, 5.74) is 6.17. The fourth-order valence-corrected chi connectivity index (χ4v) is 2.68. The van der Waals surface area contributed by atoms with Crippen LogP contribution >= 0.6 is 0 Å². The summed E-state index contributed by atoms with van der Waals surface area (Å²) in [6, 6.07) is -3.84. The van der Waals surface area contributed by atoms with Crippen molar-refractivity contribution in [2.75, 3.05) is 0 Å². The summed E-state index contributed by atoms with van der Waals surface area (Å²) in [6.45, 7) is 6.81. The average Bonchev–Trinajstić information content (AvgIpc) is 3.21. The summed E-state index contributed by atoms with van der Waals surface area (Å²) >= 11 is 0. The number of amides is 3. The molecule has 0 radical (unpaired) electrons. The first kappa shape index (κ1) is 25.1. The van der Waals surface area contributed by atoms with Crippen LogP contribution in [0.3, 0.4) is 0 Å². The fraction of sp³-hybridized carbons (Fsp3) is 0.632. The largest absolute Gasteiger partial charge is 0.480 e. The molecule has 3 amide bonds. The molecule has 11 nitrogen and oxygen atoms in total. The molecule has 30 heavy (non-hydrogen) atoms.